The van der Waals surface area contributed by atoms with E-state index in [2.05, 4.69) is 32.9 Å². The second kappa shape index (κ2) is 5.13. The van der Waals surface area contributed by atoms with Gasteiger partial charge in [-0.3, -0.25) is 0 Å². The van der Waals surface area contributed by atoms with Crippen LogP contribution < -0.4 is 0 Å². The summed E-state index contributed by atoms with van der Waals surface area (Å²) < 4.78 is 11.7. The molecule has 0 saturated carbocycles. The van der Waals surface area contributed by atoms with Crippen LogP contribution in [0.15, 0.2) is 12.2 Å². The zero-order valence-corrected chi connectivity index (χ0v) is 10.6. The van der Waals surface area contributed by atoms with Crippen LogP contribution in [0, 0.1) is 5.92 Å². The van der Waals surface area contributed by atoms with Crippen molar-refractivity contribution in [3.63, 3.8) is 0 Å². The van der Waals surface area contributed by atoms with E-state index in [1.165, 1.54) is 0 Å². The first kappa shape index (κ1) is 12.7. The molecule has 0 spiro atoms. The second-order valence-electron chi connectivity index (χ2n) is 5.07. The van der Waals surface area contributed by atoms with Gasteiger partial charge in [0.05, 0.1) is 12.2 Å². The van der Waals surface area contributed by atoms with E-state index in [0.29, 0.717) is 12.0 Å². The maximum Gasteiger partial charge on any atom is 0.163 e. The fourth-order valence-corrected chi connectivity index (χ4v) is 1.86. The van der Waals surface area contributed by atoms with Crippen molar-refractivity contribution in [2.24, 2.45) is 5.92 Å². The Hall–Kier alpha value is -0.340. The van der Waals surface area contributed by atoms with Gasteiger partial charge in [0.1, 0.15) is 0 Å². The third-order valence-electron chi connectivity index (χ3n) is 2.55. The van der Waals surface area contributed by atoms with Gasteiger partial charge in [-0.05, 0) is 26.2 Å². The maximum atomic E-state index is 5.85. The highest BCUT2D eigenvalue weighted by Crippen LogP contribution is 2.28. The molecule has 2 atom stereocenters. The highest BCUT2D eigenvalue weighted by molar-refractivity contribution is 4.95. The van der Waals surface area contributed by atoms with Gasteiger partial charge >= 0.3 is 0 Å². The van der Waals surface area contributed by atoms with Crippen LogP contribution >= 0.6 is 0 Å². The van der Waals surface area contributed by atoms with E-state index in [0.717, 1.165) is 12.8 Å². The summed E-state index contributed by atoms with van der Waals surface area (Å²) in [6, 6.07) is 0. The van der Waals surface area contributed by atoms with E-state index in [1.807, 2.05) is 13.8 Å². The van der Waals surface area contributed by atoms with Crippen LogP contribution in [0.3, 0.4) is 0 Å². The van der Waals surface area contributed by atoms with Crippen molar-refractivity contribution in [2.75, 3.05) is 0 Å². The quantitative estimate of drug-likeness (QED) is 0.666. The third kappa shape index (κ3) is 4.35. The maximum absolute atomic E-state index is 5.85. The van der Waals surface area contributed by atoms with E-state index in [-0.39, 0.29) is 6.10 Å². The molecule has 1 saturated heterocycles. The first-order valence-corrected chi connectivity index (χ1v) is 5.97. The molecule has 0 aromatic carbocycles. The molecule has 88 valence electrons. The van der Waals surface area contributed by atoms with Gasteiger partial charge in [0.2, 0.25) is 0 Å². The van der Waals surface area contributed by atoms with Gasteiger partial charge in [-0.1, -0.05) is 32.9 Å². The van der Waals surface area contributed by atoms with Crippen molar-refractivity contribution < 1.29 is 9.47 Å². The molecule has 0 bridgehead atoms. The van der Waals surface area contributed by atoms with Gasteiger partial charge in [0.15, 0.2) is 5.79 Å². The average molecular weight is 212 g/mol. The minimum absolute atomic E-state index is 0.209. The van der Waals surface area contributed by atoms with Crippen LogP contribution in [0.5, 0.6) is 0 Å². The van der Waals surface area contributed by atoms with Crippen LogP contribution in [-0.2, 0) is 9.47 Å². The van der Waals surface area contributed by atoms with E-state index in [1.54, 1.807) is 0 Å². The first-order valence-electron chi connectivity index (χ1n) is 5.97. The molecule has 2 nitrogen and oxygen atoms in total. The van der Waals surface area contributed by atoms with E-state index >= 15 is 0 Å². The third-order valence-corrected chi connectivity index (χ3v) is 2.55. The standard InChI is InChI=1S/C13H24O2/c1-6-11-9-12(8-7-10(2)3)15-13(4,5)14-11/h7-8,10-12H,6,9H2,1-5H3/b8-7+/t11-,12+/m0/s1. The molecule has 1 fully saturated rings. The largest absolute Gasteiger partial charge is 0.347 e. The summed E-state index contributed by atoms with van der Waals surface area (Å²) in [4.78, 5) is 0. The average Bonchev–Trinajstić information content (AvgIpc) is 2.12. The van der Waals surface area contributed by atoms with Crippen LogP contribution in [0.4, 0.5) is 0 Å². The molecular weight excluding hydrogens is 188 g/mol. The number of rotatable bonds is 3. The smallest absolute Gasteiger partial charge is 0.163 e. The molecular formula is C13H24O2. The summed E-state index contributed by atoms with van der Waals surface area (Å²) in [7, 11) is 0. The Bertz CT molecular complexity index is 219. The predicted octanol–water partition coefficient (Wildman–Crippen LogP) is 3.52. The Labute approximate surface area is 93.7 Å². The predicted molar refractivity (Wildman–Crippen MR) is 62.7 cm³/mol. The lowest BCUT2D eigenvalue weighted by atomic mass is 10.0. The van der Waals surface area contributed by atoms with Crippen LogP contribution in [0.1, 0.15) is 47.5 Å². The van der Waals surface area contributed by atoms with Crippen LogP contribution in [0.25, 0.3) is 0 Å². The molecule has 0 amide bonds. The minimum Gasteiger partial charge on any atom is -0.347 e. The molecule has 0 unspecified atom stereocenters. The summed E-state index contributed by atoms with van der Waals surface area (Å²) in [5, 5.41) is 0. The molecule has 2 heteroatoms. The minimum atomic E-state index is -0.440. The zero-order chi connectivity index (χ0) is 11.5. The highest BCUT2D eigenvalue weighted by atomic mass is 16.7. The summed E-state index contributed by atoms with van der Waals surface area (Å²) >= 11 is 0. The van der Waals surface area contributed by atoms with Crippen molar-refractivity contribution in [1.29, 1.82) is 0 Å². The summed E-state index contributed by atoms with van der Waals surface area (Å²) in [5.41, 5.74) is 0. The molecule has 0 aromatic rings. The molecule has 1 aliphatic rings. The summed E-state index contributed by atoms with van der Waals surface area (Å²) in [5.74, 6) is 0.143. The van der Waals surface area contributed by atoms with Gasteiger partial charge in [-0.15, -0.1) is 0 Å². The number of allylic oxidation sites excluding steroid dienone is 1. The fraction of sp³-hybridized carbons (Fsp3) is 0.846. The van der Waals surface area contributed by atoms with Crippen molar-refractivity contribution in [3.8, 4) is 0 Å². The van der Waals surface area contributed by atoms with E-state index in [4.69, 9.17) is 9.47 Å². The van der Waals surface area contributed by atoms with E-state index < -0.39 is 5.79 Å². The molecule has 0 aromatic heterocycles. The molecule has 1 aliphatic heterocycles. The molecule has 0 N–H and O–H groups in total. The Morgan fingerprint density at radius 3 is 2.53 bits per heavy atom. The molecule has 15 heavy (non-hydrogen) atoms. The molecule has 0 radical (unpaired) electrons. The van der Waals surface area contributed by atoms with Gasteiger partial charge in [0.25, 0.3) is 0 Å². The highest BCUT2D eigenvalue weighted by Gasteiger charge is 2.33. The Kier molecular flexibility index (Phi) is 4.35. The zero-order valence-electron chi connectivity index (χ0n) is 10.6. The van der Waals surface area contributed by atoms with Gasteiger partial charge in [-0.25, -0.2) is 0 Å². The van der Waals surface area contributed by atoms with E-state index in [9.17, 15) is 0 Å². The summed E-state index contributed by atoms with van der Waals surface area (Å²) in [6.07, 6.45) is 6.95. The van der Waals surface area contributed by atoms with Crippen LogP contribution in [-0.4, -0.2) is 18.0 Å². The van der Waals surface area contributed by atoms with Crippen molar-refractivity contribution in [1.82, 2.24) is 0 Å². The number of hydrogen-bond acceptors (Lipinski definition) is 2. The monoisotopic (exact) mass is 212 g/mol. The lowest BCUT2D eigenvalue weighted by Crippen LogP contribution is -2.43. The molecule has 1 heterocycles. The van der Waals surface area contributed by atoms with Crippen molar-refractivity contribution in [2.45, 2.75) is 65.5 Å². The van der Waals surface area contributed by atoms with Crippen molar-refractivity contribution in [3.05, 3.63) is 12.2 Å². The number of ether oxygens (including phenoxy) is 2. The lowest BCUT2D eigenvalue weighted by Gasteiger charge is -2.39. The SMILES string of the molecule is CC[C@H]1C[C@@H](/C=C/C(C)C)OC(C)(C)O1. The second-order valence-corrected chi connectivity index (χ2v) is 5.07. The van der Waals surface area contributed by atoms with Crippen LogP contribution in [0.2, 0.25) is 0 Å². The van der Waals surface area contributed by atoms with Gasteiger partial charge in [-0.2, -0.15) is 0 Å². The molecule has 0 aliphatic carbocycles. The fourth-order valence-electron chi connectivity index (χ4n) is 1.86. The Balaban J connectivity index is 2.58. The number of hydrogen-bond donors (Lipinski definition) is 0. The summed E-state index contributed by atoms with van der Waals surface area (Å²) in [6.45, 7) is 10.5. The van der Waals surface area contributed by atoms with Crippen molar-refractivity contribution >= 4 is 0 Å². The lowest BCUT2D eigenvalue weighted by molar-refractivity contribution is -0.290. The Morgan fingerprint density at radius 1 is 1.33 bits per heavy atom. The Morgan fingerprint density at radius 2 is 2.00 bits per heavy atom. The van der Waals surface area contributed by atoms with Gasteiger partial charge in [0, 0.05) is 6.42 Å². The molecule has 1 rings (SSSR count). The van der Waals surface area contributed by atoms with Gasteiger partial charge < -0.3 is 9.47 Å². The first-order chi connectivity index (χ1) is 6.93. The topological polar surface area (TPSA) is 18.5 Å². The normalized spacial score (nSPS) is 31.3.